The molecule has 0 aliphatic rings. The smallest absolute Gasteiger partial charge is 0.328 e. The van der Waals surface area contributed by atoms with Crippen LogP contribution in [0.3, 0.4) is 0 Å². The first-order valence-electron chi connectivity index (χ1n) is 12.4. The van der Waals surface area contributed by atoms with Gasteiger partial charge in [-0.2, -0.15) is 0 Å². The Hall–Kier alpha value is -5.01. The maximum atomic E-state index is 9.55. The number of methoxy groups -OCH3 is 1. The van der Waals surface area contributed by atoms with Crippen LogP contribution in [0.25, 0.3) is 20.4 Å². The summed E-state index contributed by atoms with van der Waals surface area (Å²) in [5, 5.41) is 20.1. The molecule has 11 nitrogen and oxygen atoms in total. The molecule has 5 rings (SSSR count). The average Bonchev–Trinajstić information content (AvgIpc) is 3.52. The van der Waals surface area contributed by atoms with Gasteiger partial charge in [-0.25, -0.2) is 24.5 Å². The second kappa shape index (κ2) is 15.1. The number of nitrogens with one attached hydrogen (secondary N) is 1. The van der Waals surface area contributed by atoms with Crippen molar-refractivity contribution in [3.8, 4) is 5.75 Å². The van der Waals surface area contributed by atoms with Gasteiger partial charge in [-0.15, -0.1) is 0 Å². The van der Waals surface area contributed by atoms with E-state index in [1.54, 1.807) is 18.4 Å². The van der Waals surface area contributed by atoms with Crippen molar-refractivity contribution < 1.29 is 24.5 Å². The van der Waals surface area contributed by atoms with Crippen LogP contribution in [0.2, 0.25) is 0 Å². The number of carboxylic acids is 2. The Morgan fingerprint density at radius 2 is 1.50 bits per heavy atom. The lowest BCUT2D eigenvalue weighted by atomic mass is 10.2. The normalized spacial score (nSPS) is 11.0. The summed E-state index contributed by atoms with van der Waals surface area (Å²) in [5.41, 5.74) is 16.9. The standard InChI is InChI=1S/C17H18N4OS.C8H8N2S.C4H4O4/c1-11-7-8-13-15(9-11)23-17(20-13)21-16(18)19-10-12-5-3-4-6-14(12)22-2;1-5-2-3-6-7(4-5)11-8(9)10-6;5-3(6)1-2-4(7)8/h3-9H,10H2,1-2H3,(H3,18,19,20,21);2-4H,1H3,(H2,9,10);1-2H,(H,5,6)(H,7,8)/b;;2-1+. The molecule has 3 aromatic carbocycles. The topological polar surface area (TPSA) is 186 Å². The van der Waals surface area contributed by atoms with Gasteiger partial charge < -0.3 is 31.7 Å². The molecule has 0 radical (unpaired) electrons. The quantitative estimate of drug-likeness (QED) is 0.0946. The van der Waals surface area contributed by atoms with Crippen LogP contribution in [0.4, 0.5) is 10.3 Å². The van der Waals surface area contributed by atoms with E-state index in [2.05, 4.69) is 46.3 Å². The number of carbonyl (C=O) groups is 2. The van der Waals surface area contributed by atoms with Crippen molar-refractivity contribution in [1.82, 2.24) is 9.97 Å². The van der Waals surface area contributed by atoms with Gasteiger partial charge in [0.1, 0.15) is 5.75 Å². The third-order valence-corrected chi connectivity index (χ3v) is 7.10. The monoisotopic (exact) mass is 606 g/mol. The molecule has 0 aliphatic heterocycles. The van der Waals surface area contributed by atoms with Crippen LogP contribution in [0.1, 0.15) is 16.7 Å². The van der Waals surface area contributed by atoms with Crippen LogP contribution in [0.15, 0.2) is 77.8 Å². The van der Waals surface area contributed by atoms with Gasteiger partial charge in [0.05, 0.1) is 34.1 Å². The largest absolute Gasteiger partial charge is 0.496 e. The number of aromatic nitrogens is 2. The van der Waals surface area contributed by atoms with Crippen molar-refractivity contribution in [2.45, 2.75) is 20.4 Å². The second-order valence-corrected chi connectivity index (χ2v) is 10.8. The molecule has 0 unspecified atom stereocenters. The van der Waals surface area contributed by atoms with Crippen LogP contribution in [0.5, 0.6) is 5.75 Å². The molecule has 0 saturated heterocycles. The number of carboxylic acid groups (broad SMARTS) is 2. The number of para-hydroxylation sites is 1. The Morgan fingerprint density at radius 1 is 0.929 bits per heavy atom. The van der Waals surface area contributed by atoms with Crippen LogP contribution < -0.4 is 21.5 Å². The number of hydrogen-bond donors (Lipinski definition) is 5. The van der Waals surface area contributed by atoms with Crippen molar-refractivity contribution in [3.05, 3.63) is 89.5 Å². The molecule has 0 amide bonds. The van der Waals surface area contributed by atoms with Gasteiger partial charge >= 0.3 is 11.9 Å². The molecule has 2 aromatic heterocycles. The summed E-state index contributed by atoms with van der Waals surface area (Å²) in [6.07, 6.45) is 1.12. The van der Waals surface area contributed by atoms with Gasteiger partial charge in [-0.3, -0.25) is 0 Å². The molecule has 0 atom stereocenters. The summed E-state index contributed by atoms with van der Waals surface area (Å²) in [4.78, 5) is 32.1. The summed E-state index contributed by atoms with van der Waals surface area (Å²) in [6, 6.07) is 20.1. The molecule has 0 spiro atoms. The molecule has 5 aromatic rings. The van der Waals surface area contributed by atoms with Gasteiger partial charge in [-0.05, 0) is 55.3 Å². The maximum absolute atomic E-state index is 9.55. The van der Waals surface area contributed by atoms with Gasteiger partial charge in [0, 0.05) is 17.7 Å². The zero-order valence-corrected chi connectivity index (χ0v) is 24.7. The molecule has 0 aliphatic carbocycles. The highest BCUT2D eigenvalue weighted by Gasteiger charge is 2.06. The average molecular weight is 607 g/mol. The number of fused-ring (bicyclic) bond motifs is 2. The summed E-state index contributed by atoms with van der Waals surface area (Å²) >= 11 is 3.09. The fourth-order valence-electron chi connectivity index (χ4n) is 3.43. The number of guanidine groups is 1. The lowest BCUT2D eigenvalue weighted by Crippen LogP contribution is -2.22. The van der Waals surface area contributed by atoms with E-state index in [9.17, 15) is 9.59 Å². The third-order valence-electron chi connectivity index (χ3n) is 5.32. The van der Waals surface area contributed by atoms with Gasteiger partial charge in [0.15, 0.2) is 16.2 Å². The summed E-state index contributed by atoms with van der Waals surface area (Å²) < 4.78 is 7.60. The third kappa shape index (κ3) is 9.87. The van der Waals surface area contributed by atoms with Gasteiger partial charge in [0.25, 0.3) is 0 Å². The predicted octanol–water partition coefficient (Wildman–Crippen LogP) is 5.44. The lowest BCUT2D eigenvalue weighted by Gasteiger charge is -2.06. The van der Waals surface area contributed by atoms with E-state index < -0.39 is 11.9 Å². The molecule has 2 heterocycles. The first-order chi connectivity index (χ1) is 20.0. The number of anilines is 2. The number of aliphatic carboxylic acids is 2. The molecule has 13 heteroatoms. The van der Waals surface area contributed by atoms with Crippen molar-refractivity contribution >= 4 is 71.3 Å². The fourth-order valence-corrected chi connectivity index (χ4v) is 5.23. The Bertz CT molecular complexity index is 1730. The van der Waals surface area contributed by atoms with Crippen molar-refractivity contribution in [2.75, 3.05) is 18.2 Å². The van der Waals surface area contributed by atoms with Crippen LogP contribution in [-0.2, 0) is 16.1 Å². The highest BCUT2D eigenvalue weighted by molar-refractivity contribution is 7.22. The molecule has 218 valence electrons. The van der Waals surface area contributed by atoms with Gasteiger partial charge in [0.2, 0.25) is 0 Å². The highest BCUT2D eigenvalue weighted by atomic mass is 32.1. The number of nitrogens with zero attached hydrogens (tertiary/aromatic N) is 3. The van der Waals surface area contributed by atoms with Gasteiger partial charge in [-0.1, -0.05) is 53.0 Å². The Balaban J connectivity index is 0.000000210. The Kier molecular flexibility index (Phi) is 11.3. The van der Waals surface area contributed by atoms with Crippen LogP contribution >= 0.6 is 22.7 Å². The minimum atomic E-state index is -1.26. The Morgan fingerprint density at radius 3 is 2.10 bits per heavy atom. The number of aryl methyl sites for hydroxylation is 2. The number of aliphatic imine (C=N–C) groups is 1. The van der Waals surface area contributed by atoms with Crippen molar-refractivity contribution in [1.29, 1.82) is 0 Å². The minimum absolute atomic E-state index is 0.340. The number of hydrogen-bond acceptors (Lipinski definition) is 9. The van der Waals surface area contributed by atoms with Crippen molar-refractivity contribution in [3.63, 3.8) is 0 Å². The number of nitrogens with two attached hydrogens (primary N) is 2. The van der Waals surface area contributed by atoms with Crippen LogP contribution in [0, 0.1) is 13.8 Å². The van der Waals surface area contributed by atoms with E-state index in [-0.39, 0.29) is 0 Å². The molecular weight excluding hydrogens is 576 g/mol. The fraction of sp³-hybridized carbons (Fsp3) is 0.138. The number of nitrogen functional groups attached to an aromatic ring is 1. The molecule has 0 bridgehead atoms. The first kappa shape index (κ1) is 31.5. The highest BCUT2D eigenvalue weighted by Crippen LogP contribution is 2.27. The first-order valence-corrected chi connectivity index (χ1v) is 14.0. The van der Waals surface area contributed by atoms with E-state index in [1.165, 1.54) is 27.2 Å². The van der Waals surface area contributed by atoms with Crippen LogP contribution in [-0.4, -0.2) is 45.2 Å². The zero-order chi connectivity index (χ0) is 30.6. The van der Waals surface area contributed by atoms with E-state index in [4.69, 9.17) is 26.4 Å². The number of thiazole rings is 2. The summed E-state index contributed by atoms with van der Waals surface area (Å²) in [7, 11) is 1.65. The maximum Gasteiger partial charge on any atom is 0.328 e. The van der Waals surface area contributed by atoms with E-state index in [0.717, 1.165) is 32.2 Å². The summed E-state index contributed by atoms with van der Waals surface area (Å²) in [6.45, 7) is 4.58. The number of ether oxygens (including phenoxy) is 1. The molecular formula is C29H30N6O5S2. The zero-order valence-electron chi connectivity index (χ0n) is 23.1. The molecule has 0 fully saturated rings. The van der Waals surface area contributed by atoms with E-state index >= 15 is 0 Å². The molecule has 7 N–H and O–H groups in total. The minimum Gasteiger partial charge on any atom is -0.496 e. The van der Waals surface area contributed by atoms with E-state index in [0.29, 0.717) is 29.8 Å². The SMILES string of the molecule is COc1ccccc1CN=C(N)Nc1nc2ccc(C)cc2s1.Cc1ccc2nc(N)sc2c1.O=C(O)/C=C/C(=O)O. The van der Waals surface area contributed by atoms with Crippen molar-refractivity contribution in [2.24, 2.45) is 10.7 Å². The summed E-state index contributed by atoms with van der Waals surface area (Å²) in [5.74, 6) is -1.37. The molecule has 42 heavy (non-hydrogen) atoms. The Labute approximate surface area is 249 Å². The van der Waals surface area contributed by atoms with E-state index in [1.807, 2.05) is 48.5 Å². The second-order valence-electron chi connectivity index (χ2n) is 8.66. The lowest BCUT2D eigenvalue weighted by molar-refractivity contribution is -0.134. The number of benzene rings is 3. The predicted molar refractivity (Wildman–Crippen MR) is 169 cm³/mol. The number of rotatable bonds is 6. The molecule has 0 saturated carbocycles.